The SMILES string of the molecule is CC(C)(C)c1n[nH]c2c1COCC2. The van der Waals surface area contributed by atoms with E-state index in [2.05, 4.69) is 31.0 Å². The molecule has 0 fully saturated rings. The molecule has 0 radical (unpaired) electrons. The Hall–Kier alpha value is -0.830. The third-order valence-electron chi connectivity index (χ3n) is 2.41. The van der Waals surface area contributed by atoms with Crippen LogP contribution in [0.25, 0.3) is 0 Å². The molecule has 13 heavy (non-hydrogen) atoms. The van der Waals surface area contributed by atoms with Crippen molar-refractivity contribution in [2.24, 2.45) is 0 Å². The number of fused-ring (bicyclic) bond motifs is 1. The second-order valence-electron chi connectivity index (χ2n) is 4.58. The number of H-pyrrole nitrogens is 1. The van der Waals surface area contributed by atoms with Crippen molar-refractivity contribution >= 4 is 0 Å². The number of hydrogen-bond donors (Lipinski definition) is 1. The maximum atomic E-state index is 5.43. The molecule has 0 unspecified atom stereocenters. The van der Waals surface area contributed by atoms with Crippen LogP contribution in [-0.2, 0) is 23.2 Å². The second kappa shape index (κ2) is 2.84. The molecule has 0 aliphatic carbocycles. The first-order valence-corrected chi connectivity index (χ1v) is 4.73. The molecule has 0 spiro atoms. The van der Waals surface area contributed by atoms with Gasteiger partial charge in [0.25, 0.3) is 0 Å². The molecule has 0 aromatic carbocycles. The normalized spacial score (nSPS) is 17.2. The van der Waals surface area contributed by atoms with Crippen molar-refractivity contribution in [3.8, 4) is 0 Å². The summed E-state index contributed by atoms with van der Waals surface area (Å²) in [4.78, 5) is 0. The first-order valence-electron chi connectivity index (χ1n) is 4.73. The number of ether oxygens (including phenoxy) is 1. The van der Waals surface area contributed by atoms with Crippen molar-refractivity contribution in [2.45, 2.75) is 39.2 Å². The standard InChI is InChI=1S/C10H16N2O/c1-10(2,3)9-7-6-13-5-4-8(7)11-12-9/h4-6H2,1-3H3,(H,11,12). The second-order valence-corrected chi connectivity index (χ2v) is 4.58. The molecule has 0 saturated heterocycles. The molecule has 0 amide bonds. The Bertz CT molecular complexity index is 309. The van der Waals surface area contributed by atoms with Crippen molar-refractivity contribution in [3.63, 3.8) is 0 Å². The van der Waals surface area contributed by atoms with Crippen molar-refractivity contribution in [1.82, 2.24) is 10.2 Å². The summed E-state index contributed by atoms with van der Waals surface area (Å²) in [5, 5.41) is 7.47. The Labute approximate surface area is 78.5 Å². The molecular weight excluding hydrogens is 164 g/mol. The van der Waals surface area contributed by atoms with Crippen molar-refractivity contribution in [1.29, 1.82) is 0 Å². The lowest BCUT2D eigenvalue weighted by Crippen LogP contribution is -2.17. The third kappa shape index (κ3) is 1.48. The molecule has 0 bridgehead atoms. The smallest absolute Gasteiger partial charge is 0.0753 e. The zero-order valence-electron chi connectivity index (χ0n) is 8.48. The average Bonchev–Trinajstić information content (AvgIpc) is 2.45. The van der Waals surface area contributed by atoms with Gasteiger partial charge in [0, 0.05) is 23.1 Å². The molecule has 2 heterocycles. The Morgan fingerprint density at radius 1 is 1.38 bits per heavy atom. The molecule has 0 atom stereocenters. The van der Waals surface area contributed by atoms with Crippen LogP contribution in [0.1, 0.15) is 37.7 Å². The highest BCUT2D eigenvalue weighted by atomic mass is 16.5. The van der Waals surface area contributed by atoms with E-state index in [0.29, 0.717) is 0 Å². The summed E-state index contributed by atoms with van der Waals surface area (Å²) in [6, 6.07) is 0. The van der Waals surface area contributed by atoms with E-state index >= 15 is 0 Å². The Balaban J connectivity index is 2.43. The Morgan fingerprint density at radius 3 is 2.85 bits per heavy atom. The van der Waals surface area contributed by atoms with Gasteiger partial charge in [-0.15, -0.1) is 0 Å². The predicted octanol–water partition coefficient (Wildman–Crippen LogP) is 1.78. The number of hydrogen-bond acceptors (Lipinski definition) is 2. The summed E-state index contributed by atoms with van der Waals surface area (Å²) in [5.41, 5.74) is 3.81. The van der Waals surface area contributed by atoms with E-state index < -0.39 is 0 Å². The van der Waals surface area contributed by atoms with Gasteiger partial charge in [0.05, 0.1) is 18.9 Å². The monoisotopic (exact) mass is 180 g/mol. The number of nitrogens with one attached hydrogen (secondary N) is 1. The predicted molar refractivity (Wildman–Crippen MR) is 50.6 cm³/mol. The lowest BCUT2D eigenvalue weighted by Gasteiger charge is -2.19. The van der Waals surface area contributed by atoms with Gasteiger partial charge in [-0.1, -0.05) is 20.8 Å². The molecule has 3 heteroatoms. The highest BCUT2D eigenvalue weighted by molar-refractivity contribution is 5.30. The van der Waals surface area contributed by atoms with E-state index in [4.69, 9.17) is 4.74 Å². The molecular formula is C10H16N2O. The first kappa shape index (κ1) is 8.75. The minimum Gasteiger partial charge on any atom is -0.376 e. The Morgan fingerprint density at radius 2 is 2.15 bits per heavy atom. The molecule has 1 aromatic rings. The van der Waals surface area contributed by atoms with Gasteiger partial charge in [0.1, 0.15) is 0 Å². The van der Waals surface area contributed by atoms with Crippen LogP contribution >= 0.6 is 0 Å². The van der Waals surface area contributed by atoms with Crippen LogP contribution < -0.4 is 0 Å². The van der Waals surface area contributed by atoms with Crippen molar-refractivity contribution in [3.05, 3.63) is 17.0 Å². The van der Waals surface area contributed by atoms with Gasteiger partial charge in [0.15, 0.2) is 0 Å². The molecule has 72 valence electrons. The van der Waals surface area contributed by atoms with E-state index in [0.717, 1.165) is 25.3 Å². The van der Waals surface area contributed by atoms with Gasteiger partial charge in [0.2, 0.25) is 0 Å². The fourth-order valence-corrected chi connectivity index (χ4v) is 1.73. The third-order valence-corrected chi connectivity index (χ3v) is 2.41. The van der Waals surface area contributed by atoms with Crippen molar-refractivity contribution < 1.29 is 4.74 Å². The minimum atomic E-state index is 0.116. The van der Waals surface area contributed by atoms with Gasteiger partial charge < -0.3 is 4.74 Å². The van der Waals surface area contributed by atoms with E-state index in [1.54, 1.807) is 0 Å². The molecule has 2 rings (SSSR count). The molecule has 1 N–H and O–H groups in total. The van der Waals surface area contributed by atoms with Crippen LogP contribution in [0.2, 0.25) is 0 Å². The van der Waals surface area contributed by atoms with Crippen LogP contribution in [0.5, 0.6) is 0 Å². The van der Waals surface area contributed by atoms with Crippen LogP contribution in [0.4, 0.5) is 0 Å². The average molecular weight is 180 g/mol. The van der Waals surface area contributed by atoms with E-state index in [1.165, 1.54) is 11.3 Å². The zero-order valence-corrected chi connectivity index (χ0v) is 8.48. The molecule has 0 saturated carbocycles. The van der Waals surface area contributed by atoms with Crippen molar-refractivity contribution in [2.75, 3.05) is 6.61 Å². The molecule has 1 aliphatic rings. The van der Waals surface area contributed by atoms with Gasteiger partial charge in [-0.05, 0) is 0 Å². The first-order chi connectivity index (χ1) is 6.09. The summed E-state index contributed by atoms with van der Waals surface area (Å²) < 4.78 is 5.43. The van der Waals surface area contributed by atoms with E-state index in [-0.39, 0.29) is 5.41 Å². The lowest BCUT2D eigenvalue weighted by atomic mass is 9.88. The van der Waals surface area contributed by atoms with Crippen LogP contribution in [-0.4, -0.2) is 16.8 Å². The summed E-state index contributed by atoms with van der Waals surface area (Å²) in [7, 11) is 0. The van der Waals surface area contributed by atoms with Gasteiger partial charge >= 0.3 is 0 Å². The number of aromatic nitrogens is 2. The van der Waals surface area contributed by atoms with E-state index in [1.807, 2.05) is 0 Å². The quantitative estimate of drug-likeness (QED) is 0.661. The summed E-state index contributed by atoms with van der Waals surface area (Å²) in [5.74, 6) is 0. The number of rotatable bonds is 0. The van der Waals surface area contributed by atoms with Crippen LogP contribution in [0, 0.1) is 0 Å². The number of aromatic amines is 1. The molecule has 3 nitrogen and oxygen atoms in total. The zero-order chi connectivity index (χ0) is 9.47. The number of nitrogens with zero attached hydrogens (tertiary/aromatic N) is 1. The fraction of sp³-hybridized carbons (Fsp3) is 0.700. The molecule has 1 aromatic heterocycles. The van der Waals surface area contributed by atoms with Gasteiger partial charge in [-0.25, -0.2) is 0 Å². The Kier molecular flexibility index (Phi) is 1.91. The van der Waals surface area contributed by atoms with E-state index in [9.17, 15) is 0 Å². The largest absolute Gasteiger partial charge is 0.376 e. The topological polar surface area (TPSA) is 37.9 Å². The molecule has 1 aliphatic heterocycles. The highest BCUT2D eigenvalue weighted by Gasteiger charge is 2.25. The summed E-state index contributed by atoms with van der Waals surface area (Å²) in [6.07, 6.45) is 0.971. The highest BCUT2D eigenvalue weighted by Crippen LogP contribution is 2.28. The van der Waals surface area contributed by atoms with Crippen LogP contribution in [0.15, 0.2) is 0 Å². The fourth-order valence-electron chi connectivity index (χ4n) is 1.73. The lowest BCUT2D eigenvalue weighted by molar-refractivity contribution is 0.109. The van der Waals surface area contributed by atoms with Crippen LogP contribution in [0.3, 0.4) is 0 Å². The van der Waals surface area contributed by atoms with Gasteiger partial charge in [-0.3, -0.25) is 5.10 Å². The summed E-state index contributed by atoms with van der Waals surface area (Å²) in [6.45, 7) is 8.07. The summed E-state index contributed by atoms with van der Waals surface area (Å²) >= 11 is 0. The maximum absolute atomic E-state index is 5.43. The minimum absolute atomic E-state index is 0.116. The maximum Gasteiger partial charge on any atom is 0.0753 e. The van der Waals surface area contributed by atoms with Gasteiger partial charge in [-0.2, -0.15) is 5.10 Å².